The minimum atomic E-state index is -0.946. The molecule has 0 aromatic rings. The maximum absolute atomic E-state index is 6.06. The molecule has 0 bridgehead atoms. The molecule has 1 fully saturated rings. The highest BCUT2D eigenvalue weighted by molar-refractivity contribution is 6.76. The number of piperidine rings is 1. The second-order valence-electron chi connectivity index (χ2n) is 5.58. The first-order chi connectivity index (χ1) is 5.90. The normalized spacial score (nSPS) is 32.1. The van der Waals surface area contributed by atoms with E-state index < -0.39 is 8.07 Å². The Labute approximate surface area is 83.5 Å². The summed E-state index contributed by atoms with van der Waals surface area (Å²) >= 11 is 0. The number of rotatable bonds is 2. The molecule has 3 heteroatoms. The van der Waals surface area contributed by atoms with Gasteiger partial charge in [0.15, 0.2) is 0 Å². The lowest BCUT2D eigenvalue weighted by atomic mass is 9.99. The van der Waals surface area contributed by atoms with Crippen LogP contribution in [0.25, 0.3) is 0 Å². The number of hydrogen-bond acceptors (Lipinski definition) is 2. The van der Waals surface area contributed by atoms with Crippen LogP contribution in [0.2, 0.25) is 19.6 Å². The van der Waals surface area contributed by atoms with E-state index in [1.54, 1.807) is 0 Å². The first kappa shape index (κ1) is 11.2. The summed E-state index contributed by atoms with van der Waals surface area (Å²) in [6.45, 7) is 10.8. The molecule has 2 N–H and O–H groups in total. The van der Waals surface area contributed by atoms with E-state index in [1.165, 1.54) is 25.6 Å². The largest absolute Gasteiger partial charge is 0.326 e. The molecule has 1 saturated heterocycles. The van der Waals surface area contributed by atoms with E-state index >= 15 is 0 Å². The predicted molar refractivity (Wildman–Crippen MR) is 61.6 cm³/mol. The van der Waals surface area contributed by atoms with E-state index in [9.17, 15) is 0 Å². The molecule has 0 unspecified atom stereocenters. The Hall–Kier alpha value is 0.137. The van der Waals surface area contributed by atoms with Crippen molar-refractivity contribution in [2.45, 2.75) is 51.5 Å². The van der Waals surface area contributed by atoms with Crippen LogP contribution in [0.15, 0.2) is 0 Å². The molecule has 0 aromatic heterocycles. The molecule has 1 aliphatic heterocycles. The van der Waals surface area contributed by atoms with Crippen molar-refractivity contribution < 1.29 is 0 Å². The van der Waals surface area contributed by atoms with E-state index in [0.717, 1.165) is 0 Å². The van der Waals surface area contributed by atoms with Crippen LogP contribution < -0.4 is 5.73 Å². The molecule has 2 atom stereocenters. The van der Waals surface area contributed by atoms with Gasteiger partial charge in [0.1, 0.15) is 0 Å². The van der Waals surface area contributed by atoms with Crippen molar-refractivity contribution >= 4 is 8.07 Å². The van der Waals surface area contributed by atoms with Crippen molar-refractivity contribution in [2.24, 2.45) is 5.73 Å². The van der Waals surface area contributed by atoms with Crippen LogP contribution in [0.5, 0.6) is 0 Å². The minimum absolute atomic E-state index is 0.408. The van der Waals surface area contributed by atoms with Crippen LogP contribution >= 0.6 is 0 Å². The van der Waals surface area contributed by atoms with Gasteiger partial charge in [-0.05, 0) is 32.5 Å². The van der Waals surface area contributed by atoms with E-state index in [0.29, 0.717) is 12.1 Å². The molecule has 1 aliphatic rings. The molecule has 1 rings (SSSR count). The lowest BCUT2D eigenvalue weighted by Crippen LogP contribution is -2.54. The van der Waals surface area contributed by atoms with Gasteiger partial charge in [-0.1, -0.05) is 19.6 Å². The SMILES string of the molecule is C[C@@H]1[C@H](N)CCCN1C[Si](C)(C)C. The molecule has 0 saturated carbocycles. The molecular weight excluding hydrogens is 176 g/mol. The van der Waals surface area contributed by atoms with Gasteiger partial charge < -0.3 is 10.6 Å². The Morgan fingerprint density at radius 3 is 2.54 bits per heavy atom. The van der Waals surface area contributed by atoms with Crippen LogP contribution in [0.1, 0.15) is 19.8 Å². The van der Waals surface area contributed by atoms with Crippen LogP contribution in [0, 0.1) is 0 Å². The smallest absolute Gasteiger partial charge is 0.0599 e. The summed E-state index contributed by atoms with van der Waals surface area (Å²) in [7, 11) is -0.946. The van der Waals surface area contributed by atoms with E-state index in [2.05, 4.69) is 31.5 Å². The zero-order valence-electron chi connectivity index (χ0n) is 9.51. The van der Waals surface area contributed by atoms with Gasteiger partial charge >= 0.3 is 0 Å². The van der Waals surface area contributed by atoms with E-state index in [-0.39, 0.29) is 0 Å². The third-order valence-electron chi connectivity index (χ3n) is 2.86. The third-order valence-corrected chi connectivity index (χ3v) is 4.21. The minimum Gasteiger partial charge on any atom is -0.326 e. The molecule has 1 heterocycles. The predicted octanol–water partition coefficient (Wildman–Crippen LogP) is 1.68. The van der Waals surface area contributed by atoms with Crippen LogP contribution in [-0.4, -0.2) is 37.8 Å². The van der Waals surface area contributed by atoms with Gasteiger partial charge in [-0.15, -0.1) is 0 Å². The Bertz CT molecular complexity index is 165. The fourth-order valence-electron chi connectivity index (χ4n) is 2.08. The van der Waals surface area contributed by atoms with E-state index in [1.807, 2.05) is 0 Å². The average molecular weight is 200 g/mol. The standard InChI is InChI=1S/C10H24N2Si/c1-9-10(11)6-5-7-12(9)8-13(2,3)4/h9-10H,5-8,11H2,1-4H3/t9-,10-/m1/s1. The second-order valence-corrected chi connectivity index (χ2v) is 11.0. The third kappa shape index (κ3) is 3.41. The van der Waals surface area contributed by atoms with Crippen molar-refractivity contribution in [2.75, 3.05) is 12.7 Å². The Balaban J connectivity index is 2.49. The van der Waals surface area contributed by atoms with Crippen molar-refractivity contribution in [1.29, 1.82) is 0 Å². The molecule has 0 aromatic carbocycles. The monoisotopic (exact) mass is 200 g/mol. The van der Waals surface area contributed by atoms with Gasteiger partial charge in [0.05, 0.1) is 8.07 Å². The summed E-state index contributed by atoms with van der Waals surface area (Å²) in [6, 6.07) is 1.01. The summed E-state index contributed by atoms with van der Waals surface area (Å²) in [5.74, 6) is 0. The summed E-state index contributed by atoms with van der Waals surface area (Å²) < 4.78 is 0. The molecule has 0 radical (unpaired) electrons. The number of nitrogens with zero attached hydrogens (tertiary/aromatic N) is 1. The van der Waals surface area contributed by atoms with Gasteiger partial charge in [-0.2, -0.15) is 0 Å². The van der Waals surface area contributed by atoms with Crippen molar-refractivity contribution in [1.82, 2.24) is 4.90 Å². The fourth-order valence-corrected chi connectivity index (χ4v) is 3.74. The van der Waals surface area contributed by atoms with Crippen LogP contribution in [-0.2, 0) is 0 Å². The van der Waals surface area contributed by atoms with Crippen molar-refractivity contribution in [3.63, 3.8) is 0 Å². The highest BCUT2D eigenvalue weighted by atomic mass is 28.3. The highest BCUT2D eigenvalue weighted by Gasteiger charge is 2.28. The van der Waals surface area contributed by atoms with Crippen molar-refractivity contribution in [3.8, 4) is 0 Å². The van der Waals surface area contributed by atoms with Crippen molar-refractivity contribution in [3.05, 3.63) is 0 Å². The molecule has 0 amide bonds. The second kappa shape index (κ2) is 4.11. The first-order valence-corrected chi connectivity index (χ1v) is 9.10. The lowest BCUT2D eigenvalue weighted by molar-refractivity contribution is 0.162. The Morgan fingerprint density at radius 1 is 1.38 bits per heavy atom. The Kier molecular flexibility index (Phi) is 3.55. The summed E-state index contributed by atoms with van der Waals surface area (Å²) in [4.78, 5) is 2.60. The zero-order chi connectivity index (χ0) is 10.1. The number of nitrogens with two attached hydrogens (primary N) is 1. The molecule has 0 spiro atoms. The molecule has 2 nitrogen and oxygen atoms in total. The van der Waals surface area contributed by atoms with E-state index in [4.69, 9.17) is 5.73 Å². The maximum atomic E-state index is 6.06. The maximum Gasteiger partial charge on any atom is 0.0599 e. The van der Waals surface area contributed by atoms with Gasteiger partial charge in [0, 0.05) is 12.1 Å². The summed E-state index contributed by atoms with van der Waals surface area (Å²) in [5.41, 5.74) is 6.06. The fraction of sp³-hybridized carbons (Fsp3) is 1.00. The van der Waals surface area contributed by atoms with Gasteiger partial charge in [0.2, 0.25) is 0 Å². The molecule has 78 valence electrons. The van der Waals surface area contributed by atoms with Gasteiger partial charge in [-0.3, -0.25) is 0 Å². The van der Waals surface area contributed by atoms with Crippen LogP contribution in [0.3, 0.4) is 0 Å². The quantitative estimate of drug-likeness (QED) is 0.687. The van der Waals surface area contributed by atoms with Gasteiger partial charge in [0.25, 0.3) is 0 Å². The first-order valence-electron chi connectivity index (χ1n) is 5.40. The topological polar surface area (TPSA) is 29.3 Å². The lowest BCUT2D eigenvalue weighted by Gasteiger charge is -2.40. The number of hydrogen-bond donors (Lipinski definition) is 1. The highest BCUT2D eigenvalue weighted by Crippen LogP contribution is 2.17. The van der Waals surface area contributed by atoms with Gasteiger partial charge in [-0.25, -0.2) is 0 Å². The Morgan fingerprint density at radius 2 is 2.00 bits per heavy atom. The summed E-state index contributed by atoms with van der Waals surface area (Å²) in [5, 5.41) is 0. The molecular formula is C10H24N2Si. The summed E-state index contributed by atoms with van der Waals surface area (Å²) in [6.07, 6.45) is 3.81. The number of likely N-dealkylation sites (tertiary alicyclic amines) is 1. The molecule has 13 heavy (non-hydrogen) atoms. The zero-order valence-corrected chi connectivity index (χ0v) is 10.5. The molecule has 0 aliphatic carbocycles. The van der Waals surface area contributed by atoms with Crippen LogP contribution in [0.4, 0.5) is 0 Å². The average Bonchev–Trinajstić information content (AvgIpc) is 1.96.